The van der Waals surface area contributed by atoms with Crippen LogP contribution in [-0.4, -0.2) is 77.3 Å². The number of nitrogens with one attached hydrogen (secondary N) is 2. The molecule has 28 heavy (non-hydrogen) atoms. The number of alkyl halides is 3. The zero-order chi connectivity index (χ0) is 20.7. The Morgan fingerprint density at radius 3 is 2.39 bits per heavy atom. The Balaban J connectivity index is 1.71. The van der Waals surface area contributed by atoms with Gasteiger partial charge < -0.3 is 20.2 Å². The number of piperazine rings is 1. The lowest BCUT2D eigenvalue weighted by molar-refractivity contribution is -0.139. The van der Waals surface area contributed by atoms with Crippen molar-refractivity contribution in [1.29, 1.82) is 0 Å². The van der Waals surface area contributed by atoms with Crippen LogP contribution in [0, 0.1) is 0 Å². The van der Waals surface area contributed by atoms with E-state index in [9.17, 15) is 22.8 Å². The molecule has 1 fully saturated rings. The highest BCUT2D eigenvalue weighted by molar-refractivity contribution is 5.77. The smallest absolute Gasteiger partial charge is 0.419 e. The Kier molecular flexibility index (Phi) is 7.34. The molecular weight excluding hydrogens is 385 g/mol. The molecule has 1 aliphatic heterocycles. The summed E-state index contributed by atoms with van der Waals surface area (Å²) >= 11 is 0. The number of anilines is 1. The molecule has 0 aliphatic carbocycles. The average molecular weight is 406 g/mol. The van der Waals surface area contributed by atoms with Gasteiger partial charge in [0, 0.05) is 51.2 Å². The van der Waals surface area contributed by atoms with Gasteiger partial charge in [0.2, 0.25) is 5.95 Å². The lowest BCUT2D eigenvalue weighted by atomic mass is 10.3. The minimum atomic E-state index is -4.49. The van der Waals surface area contributed by atoms with Crippen molar-refractivity contribution < 1.29 is 32.7 Å². The van der Waals surface area contributed by atoms with Gasteiger partial charge >= 0.3 is 12.3 Å². The second kappa shape index (κ2) is 9.50. The summed E-state index contributed by atoms with van der Waals surface area (Å²) in [6, 6.07) is -0.389. The number of halogens is 3. The van der Waals surface area contributed by atoms with Gasteiger partial charge in [0.15, 0.2) is 0 Å². The predicted molar refractivity (Wildman–Crippen MR) is 90.4 cm³/mol. The van der Waals surface area contributed by atoms with Crippen molar-refractivity contribution in [2.45, 2.75) is 19.1 Å². The number of hydroxylamine groups is 1. The van der Waals surface area contributed by atoms with Crippen molar-refractivity contribution in [2.75, 3.05) is 44.2 Å². The van der Waals surface area contributed by atoms with E-state index in [1.54, 1.807) is 16.7 Å². The minimum absolute atomic E-state index is 0.179. The van der Waals surface area contributed by atoms with Crippen LogP contribution in [0.15, 0.2) is 12.4 Å². The second-order valence-electron chi connectivity index (χ2n) is 6.13. The third kappa shape index (κ3) is 6.49. The maximum atomic E-state index is 12.5. The molecule has 1 aliphatic rings. The molecular formula is C15H21F3N6O4. The molecule has 10 nitrogen and oxygen atoms in total. The molecule has 2 amide bonds. The quantitative estimate of drug-likeness (QED) is 0.438. The van der Waals surface area contributed by atoms with E-state index in [0.717, 1.165) is 12.4 Å². The van der Waals surface area contributed by atoms with E-state index in [0.29, 0.717) is 26.2 Å². The molecule has 2 heterocycles. The highest BCUT2D eigenvalue weighted by Crippen LogP contribution is 2.28. The number of carboxylic acid groups (broad SMARTS) is 1. The first kappa shape index (κ1) is 21.6. The predicted octanol–water partition coefficient (Wildman–Crippen LogP) is 0.321. The lowest BCUT2D eigenvalue weighted by Crippen LogP contribution is -2.50. The van der Waals surface area contributed by atoms with Crippen molar-refractivity contribution >= 4 is 17.9 Å². The van der Waals surface area contributed by atoms with Gasteiger partial charge in [-0.2, -0.15) is 18.7 Å². The molecule has 13 heteroatoms. The highest BCUT2D eigenvalue weighted by Gasteiger charge is 2.32. The van der Waals surface area contributed by atoms with Crippen molar-refractivity contribution in [3.05, 3.63) is 18.0 Å². The van der Waals surface area contributed by atoms with Crippen LogP contribution in [0.4, 0.5) is 23.9 Å². The number of carbonyl (C=O) groups excluding carboxylic acids is 1. The first-order chi connectivity index (χ1) is 13.2. The zero-order valence-corrected chi connectivity index (χ0v) is 15.1. The summed E-state index contributed by atoms with van der Waals surface area (Å²) in [6.07, 6.45) is -4.17. The number of nitrogens with zero attached hydrogens (tertiary/aromatic N) is 4. The summed E-state index contributed by atoms with van der Waals surface area (Å²) in [5.74, 6) is -0.0859. The number of hydrogen-bond acceptors (Lipinski definition) is 7. The van der Waals surface area contributed by atoms with Gasteiger partial charge in [0.05, 0.1) is 5.56 Å². The van der Waals surface area contributed by atoms with Gasteiger partial charge in [-0.05, 0) is 6.92 Å². The Labute approximate surface area is 158 Å². The lowest BCUT2D eigenvalue weighted by Gasteiger charge is -2.34. The Hall–Kier alpha value is -2.67. The number of rotatable bonds is 7. The number of aromatic nitrogens is 2. The van der Waals surface area contributed by atoms with E-state index in [4.69, 9.17) is 9.94 Å². The zero-order valence-electron chi connectivity index (χ0n) is 15.1. The summed E-state index contributed by atoms with van der Waals surface area (Å²) in [6.45, 7) is 3.06. The largest absolute Gasteiger partial charge is 0.465 e. The van der Waals surface area contributed by atoms with Gasteiger partial charge in [-0.1, -0.05) is 0 Å². The number of amides is 2. The maximum absolute atomic E-state index is 12.5. The van der Waals surface area contributed by atoms with Crippen LogP contribution < -0.4 is 15.7 Å². The second-order valence-corrected chi connectivity index (χ2v) is 6.13. The third-order valence-corrected chi connectivity index (χ3v) is 3.94. The van der Waals surface area contributed by atoms with Gasteiger partial charge in [0.1, 0.15) is 6.61 Å². The first-order valence-electron chi connectivity index (χ1n) is 8.43. The molecule has 1 saturated heterocycles. The van der Waals surface area contributed by atoms with Crippen molar-refractivity contribution in [1.82, 2.24) is 25.7 Å². The van der Waals surface area contributed by atoms with Gasteiger partial charge in [-0.25, -0.2) is 14.8 Å². The van der Waals surface area contributed by atoms with Crippen LogP contribution in [0.5, 0.6) is 0 Å². The van der Waals surface area contributed by atoms with Crippen molar-refractivity contribution in [3.63, 3.8) is 0 Å². The maximum Gasteiger partial charge on any atom is 0.419 e. The Bertz CT molecular complexity index is 665. The summed E-state index contributed by atoms with van der Waals surface area (Å²) in [7, 11) is 0. The van der Waals surface area contributed by atoms with Crippen LogP contribution in [0.1, 0.15) is 12.5 Å². The molecule has 0 bridgehead atoms. The van der Waals surface area contributed by atoms with Crippen molar-refractivity contribution in [2.24, 2.45) is 0 Å². The van der Waals surface area contributed by atoms with E-state index in [2.05, 4.69) is 20.8 Å². The topological polar surface area (TPSA) is 120 Å². The third-order valence-electron chi connectivity index (χ3n) is 3.94. The van der Waals surface area contributed by atoms with Gasteiger partial charge in [0.25, 0.3) is 5.91 Å². The molecule has 156 valence electrons. The minimum Gasteiger partial charge on any atom is -0.465 e. The molecule has 1 unspecified atom stereocenters. The fourth-order valence-electron chi connectivity index (χ4n) is 2.44. The van der Waals surface area contributed by atoms with Crippen LogP contribution in [-0.2, 0) is 15.8 Å². The SMILES string of the molecule is CC(CNOCC(=O)N1CCN(c2ncc(C(F)(F)F)cn2)CC1)NC(=O)O. The Morgan fingerprint density at radius 1 is 1.25 bits per heavy atom. The average Bonchev–Trinajstić information content (AvgIpc) is 2.64. The van der Waals surface area contributed by atoms with E-state index in [-0.39, 0.29) is 31.0 Å². The van der Waals surface area contributed by atoms with E-state index < -0.39 is 17.8 Å². The van der Waals surface area contributed by atoms with E-state index in [1.807, 2.05) is 0 Å². The number of carbonyl (C=O) groups is 2. The fourth-order valence-corrected chi connectivity index (χ4v) is 2.44. The van der Waals surface area contributed by atoms with Gasteiger partial charge in [-0.15, -0.1) is 0 Å². The first-order valence-corrected chi connectivity index (χ1v) is 8.43. The summed E-state index contributed by atoms with van der Waals surface area (Å²) < 4.78 is 37.6. The summed E-state index contributed by atoms with van der Waals surface area (Å²) in [5.41, 5.74) is 1.60. The molecule has 3 N–H and O–H groups in total. The number of hydrogen-bond donors (Lipinski definition) is 3. The van der Waals surface area contributed by atoms with Crippen LogP contribution in [0.2, 0.25) is 0 Å². The molecule has 2 rings (SSSR count). The van der Waals surface area contributed by atoms with E-state index in [1.165, 1.54) is 0 Å². The van der Waals surface area contributed by atoms with Crippen LogP contribution >= 0.6 is 0 Å². The van der Waals surface area contributed by atoms with Crippen LogP contribution in [0.3, 0.4) is 0 Å². The molecule has 1 aromatic rings. The molecule has 0 radical (unpaired) electrons. The fraction of sp³-hybridized carbons (Fsp3) is 0.600. The highest BCUT2D eigenvalue weighted by atomic mass is 19.4. The standard InChI is InChI=1S/C15H21F3N6O4/c1-10(22-14(26)27)6-21-28-9-12(25)23-2-4-24(5-3-23)13-19-7-11(8-20-13)15(16,17)18/h7-8,10,21-22H,2-6,9H2,1H3,(H,26,27). The van der Waals surface area contributed by atoms with E-state index >= 15 is 0 Å². The van der Waals surface area contributed by atoms with Crippen molar-refractivity contribution in [3.8, 4) is 0 Å². The Morgan fingerprint density at radius 2 is 1.86 bits per heavy atom. The summed E-state index contributed by atoms with van der Waals surface area (Å²) in [5, 5.41) is 10.8. The monoisotopic (exact) mass is 406 g/mol. The molecule has 1 atom stereocenters. The molecule has 0 saturated carbocycles. The molecule has 1 aromatic heterocycles. The van der Waals surface area contributed by atoms with Crippen LogP contribution in [0.25, 0.3) is 0 Å². The summed E-state index contributed by atoms with van der Waals surface area (Å²) in [4.78, 5) is 38.3. The molecule has 0 aromatic carbocycles. The normalized spacial score (nSPS) is 16.0. The van der Waals surface area contributed by atoms with Gasteiger partial charge in [-0.3, -0.25) is 9.63 Å². The molecule has 0 spiro atoms.